The van der Waals surface area contributed by atoms with Crippen molar-refractivity contribution in [2.24, 2.45) is 10.4 Å². The molecule has 0 saturated carbocycles. The average molecular weight is 589 g/mol. The molecular formula is C27H56N8O6. The van der Waals surface area contributed by atoms with E-state index >= 15 is 0 Å². The van der Waals surface area contributed by atoms with Crippen molar-refractivity contribution in [1.29, 1.82) is 0 Å². The van der Waals surface area contributed by atoms with E-state index in [9.17, 15) is 19.4 Å². The van der Waals surface area contributed by atoms with Crippen LogP contribution in [0.25, 0.3) is 0 Å². The van der Waals surface area contributed by atoms with Crippen LogP contribution in [0.1, 0.15) is 54.4 Å². The Kier molecular flexibility index (Phi) is 21.3. The standard InChI is InChI=1S/C27H56N8O6/c1-22(33-38)26(3,4)31-11-16-35(17-12-32-27(5,6)23(2)34-39)15-10-29-24(36)8-9-25(37)30-14-19-41-21-20-40-18-13-28-7/h22-23,28,31-32H,8-21H2,1-7H3,(H,29,36)(H,30,37). The Labute approximate surface area is 246 Å². The monoisotopic (exact) mass is 588 g/mol. The third kappa shape index (κ3) is 19.6. The number of nitroso groups, excluding NO2 is 2. The van der Waals surface area contributed by atoms with Crippen LogP contribution in [0, 0.1) is 9.81 Å². The molecule has 0 aliphatic rings. The summed E-state index contributed by atoms with van der Waals surface area (Å²) in [5.74, 6) is -0.388. The lowest BCUT2D eigenvalue weighted by Crippen LogP contribution is -2.52. The van der Waals surface area contributed by atoms with Crippen LogP contribution < -0.4 is 26.6 Å². The van der Waals surface area contributed by atoms with Crippen LogP contribution in [0.2, 0.25) is 0 Å². The molecule has 0 fully saturated rings. The van der Waals surface area contributed by atoms with Crippen LogP contribution in [0.3, 0.4) is 0 Å². The number of likely N-dealkylation sites (N-methyl/N-ethyl adjacent to an activating group) is 1. The van der Waals surface area contributed by atoms with Gasteiger partial charge in [0.25, 0.3) is 0 Å². The Balaban J connectivity index is 4.43. The fourth-order valence-corrected chi connectivity index (χ4v) is 3.48. The molecular weight excluding hydrogens is 532 g/mol. The molecule has 0 aromatic rings. The summed E-state index contributed by atoms with van der Waals surface area (Å²) in [6, 6.07) is -0.764. The van der Waals surface area contributed by atoms with Crippen molar-refractivity contribution in [3.05, 3.63) is 9.81 Å². The Morgan fingerprint density at radius 3 is 1.54 bits per heavy atom. The molecule has 0 aliphatic heterocycles. The predicted molar refractivity (Wildman–Crippen MR) is 162 cm³/mol. The molecule has 0 rings (SSSR count). The fraction of sp³-hybridized carbons (Fsp3) is 0.926. The molecule has 0 radical (unpaired) electrons. The zero-order valence-electron chi connectivity index (χ0n) is 26.3. The van der Waals surface area contributed by atoms with Gasteiger partial charge in [0.2, 0.25) is 11.8 Å². The molecule has 0 spiro atoms. The average Bonchev–Trinajstić information content (AvgIpc) is 2.93. The van der Waals surface area contributed by atoms with Crippen LogP contribution in [-0.4, -0.2) is 126 Å². The minimum Gasteiger partial charge on any atom is -0.378 e. The quantitative estimate of drug-likeness (QED) is 0.0675. The number of rotatable bonds is 27. The van der Waals surface area contributed by atoms with Gasteiger partial charge in [-0.3, -0.25) is 14.5 Å². The van der Waals surface area contributed by atoms with E-state index in [1.54, 1.807) is 13.8 Å². The van der Waals surface area contributed by atoms with Crippen molar-refractivity contribution in [1.82, 2.24) is 31.5 Å². The number of carbonyl (C=O) groups is 2. The van der Waals surface area contributed by atoms with Gasteiger partial charge in [-0.2, -0.15) is 9.81 Å². The van der Waals surface area contributed by atoms with E-state index in [1.807, 2.05) is 34.7 Å². The predicted octanol–water partition coefficient (Wildman–Crippen LogP) is 0.600. The lowest BCUT2D eigenvalue weighted by atomic mass is 9.97. The number of hydrogen-bond acceptors (Lipinski definition) is 12. The Morgan fingerprint density at radius 2 is 1.10 bits per heavy atom. The number of carbonyl (C=O) groups excluding carboxylic acids is 2. The molecule has 2 atom stereocenters. The molecule has 14 heteroatoms. The van der Waals surface area contributed by atoms with Gasteiger partial charge >= 0.3 is 0 Å². The summed E-state index contributed by atoms with van der Waals surface area (Å²) >= 11 is 0. The maximum Gasteiger partial charge on any atom is 0.220 e. The van der Waals surface area contributed by atoms with E-state index in [1.165, 1.54) is 0 Å². The summed E-state index contributed by atoms with van der Waals surface area (Å²) in [5.41, 5.74) is -0.888. The molecule has 2 unspecified atom stereocenters. The molecule has 0 saturated heterocycles. The molecule has 0 heterocycles. The number of hydrogen-bond donors (Lipinski definition) is 5. The molecule has 5 N–H and O–H groups in total. The lowest BCUT2D eigenvalue weighted by molar-refractivity contribution is -0.126. The highest BCUT2D eigenvalue weighted by atomic mass is 16.5. The highest BCUT2D eigenvalue weighted by molar-refractivity contribution is 5.83. The molecule has 41 heavy (non-hydrogen) atoms. The second-order valence-corrected chi connectivity index (χ2v) is 11.2. The van der Waals surface area contributed by atoms with E-state index in [2.05, 4.69) is 41.8 Å². The van der Waals surface area contributed by atoms with Crippen LogP contribution in [0.4, 0.5) is 0 Å². The molecule has 0 aromatic heterocycles. The molecule has 0 aliphatic carbocycles. The first-order valence-electron chi connectivity index (χ1n) is 14.6. The SMILES string of the molecule is CNCCOCCOCCNC(=O)CCC(=O)NCCN(CCNC(C)(C)C(C)N=O)CCNC(C)(C)C(C)N=O. The topological polar surface area (TPSA) is 175 Å². The summed E-state index contributed by atoms with van der Waals surface area (Å²) in [5, 5.41) is 21.7. The Hall–Kier alpha value is -2.10. The van der Waals surface area contributed by atoms with Gasteiger partial charge in [0.1, 0.15) is 12.1 Å². The van der Waals surface area contributed by atoms with Crippen molar-refractivity contribution in [3.8, 4) is 0 Å². The summed E-state index contributed by atoms with van der Waals surface area (Å²) in [4.78, 5) is 48.5. The van der Waals surface area contributed by atoms with E-state index in [-0.39, 0.29) is 36.7 Å². The second-order valence-electron chi connectivity index (χ2n) is 11.2. The third-order valence-electron chi connectivity index (χ3n) is 7.19. The Bertz CT molecular complexity index is 709. The molecule has 240 valence electrons. The summed E-state index contributed by atoms with van der Waals surface area (Å²) in [6.07, 6.45) is 0.206. The Morgan fingerprint density at radius 1 is 0.683 bits per heavy atom. The minimum absolute atomic E-state index is 0.102. The van der Waals surface area contributed by atoms with Crippen molar-refractivity contribution in [3.63, 3.8) is 0 Å². The van der Waals surface area contributed by atoms with Crippen LogP contribution >= 0.6 is 0 Å². The van der Waals surface area contributed by atoms with Gasteiger partial charge in [-0.15, -0.1) is 0 Å². The van der Waals surface area contributed by atoms with Gasteiger partial charge in [-0.05, 0) is 48.6 Å². The van der Waals surface area contributed by atoms with Crippen LogP contribution in [0.15, 0.2) is 10.4 Å². The van der Waals surface area contributed by atoms with Crippen LogP contribution in [-0.2, 0) is 19.1 Å². The van der Waals surface area contributed by atoms with E-state index in [0.717, 1.165) is 6.54 Å². The van der Waals surface area contributed by atoms with Crippen molar-refractivity contribution in [2.75, 3.05) is 85.8 Å². The van der Waals surface area contributed by atoms with Gasteiger partial charge in [-0.25, -0.2) is 0 Å². The highest BCUT2D eigenvalue weighted by Crippen LogP contribution is 2.12. The molecule has 0 bridgehead atoms. The zero-order valence-corrected chi connectivity index (χ0v) is 26.3. The number of nitrogens with one attached hydrogen (secondary N) is 5. The second kappa shape index (κ2) is 22.5. The minimum atomic E-state index is -0.444. The zero-order chi connectivity index (χ0) is 31.2. The van der Waals surface area contributed by atoms with Crippen molar-refractivity contribution in [2.45, 2.75) is 77.5 Å². The van der Waals surface area contributed by atoms with E-state index < -0.39 is 11.1 Å². The first kappa shape index (κ1) is 38.9. The first-order valence-corrected chi connectivity index (χ1v) is 14.6. The van der Waals surface area contributed by atoms with Gasteiger partial charge < -0.3 is 36.1 Å². The number of amides is 2. The van der Waals surface area contributed by atoms with Gasteiger partial charge in [0, 0.05) is 76.3 Å². The van der Waals surface area contributed by atoms with Crippen molar-refractivity contribution < 1.29 is 19.1 Å². The number of nitrogens with zero attached hydrogens (tertiary/aromatic N) is 3. The van der Waals surface area contributed by atoms with Gasteiger partial charge in [-0.1, -0.05) is 10.4 Å². The fourth-order valence-electron chi connectivity index (χ4n) is 3.48. The van der Waals surface area contributed by atoms with E-state index in [0.29, 0.717) is 72.2 Å². The van der Waals surface area contributed by atoms with Crippen molar-refractivity contribution >= 4 is 11.8 Å². The smallest absolute Gasteiger partial charge is 0.220 e. The number of ether oxygens (including phenoxy) is 2. The maximum atomic E-state index is 12.3. The van der Waals surface area contributed by atoms with Gasteiger partial charge in [0.05, 0.1) is 26.4 Å². The first-order chi connectivity index (χ1) is 19.4. The maximum absolute atomic E-state index is 12.3. The highest BCUT2D eigenvalue weighted by Gasteiger charge is 2.27. The molecule has 2 amide bonds. The van der Waals surface area contributed by atoms with E-state index in [4.69, 9.17) is 9.47 Å². The lowest BCUT2D eigenvalue weighted by Gasteiger charge is -2.32. The van der Waals surface area contributed by atoms with Gasteiger partial charge in [0.15, 0.2) is 0 Å². The molecule has 0 aromatic carbocycles. The van der Waals surface area contributed by atoms with Crippen LogP contribution in [0.5, 0.6) is 0 Å². The summed E-state index contributed by atoms with van der Waals surface area (Å²) < 4.78 is 10.8. The normalized spacial score (nSPS) is 13.6. The summed E-state index contributed by atoms with van der Waals surface area (Å²) in [7, 11) is 1.86. The third-order valence-corrected chi connectivity index (χ3v) is 7.19. The largest absolute Gasteiger partial charge is 0.378 e. The summed E-state index contributed by atoms with van der Waals surface area (Å²) in [6.45, 7) is 18.1. The molecule has 14 nitrogen and oxygen atoms in total.